The topological polar surface area (TPSA) is 45.7 Å². The van der Waals surface area contributed by atoms with Gasteiger partial charge in [-0.15, -0.1) is 11.3 Å². The molecule has 2 aromatic heterocycles. The van der Waals surface area contributed by atoms with Crippen molar-refractivity contribution in [1.29, 1.82) is 0 Å². The molecule has 3 heterocycles. The maximum atomic E-state index is 13.7. The Labute approximate surface area is 177 Å². The molecule has 3 aromatic rings. The van der Waals surface area contributed by atoms with E-state index in [4.69, 9.17) is 4.74 Å². The summed E-state index contributed by atoms with van der Waals surface area (Å²) < 4.78 is 32.1. The molecule has 1 saturated heterocycles. The number of nitrogens with zero attached hydrogens (tertiary/aromatic N) is 3. The SMILES string of the molecule is O=C(c1cc(COc2ccc(F)cc2F)cs1)N1CCN(Cc2ccccn2)CC1. The lowest BCUT2D eigenvalue weighted by atomic mass is 10.2. The summed E-state index contributed by atoms with van der Waals surface area (Å²) >= 11 is 1.35. The minimum absolute atomic E-state index is 0.00306. The molecule has 30 heavy (non-hydrogen) atoms. The van der Waals surface area contributed by atoms with Crippen LogP contribution in [-0.2, 0) is 13.2 Å². The fraction of sp³-hybridized carbons (Fsp3) is 0.273. The number of hydrogen-bond acceptors (Lipinski definition) is 5. The number of piperazine rings is 1. The highest BCUT2D eigenvalue weighted by atomic mass is 32.1. The van der Waals surface area contributed by atoms with Crippen LogP contribution in [0.1, 0.15) is 20.9 Å². The van der Waals surface area contributed by atoms with Crippen molar-refractivity contribution in [3.8, 4) is 5.75 Å². The Kier molecular flexibility index (Phi) is 6.35. The molecule has 0 bridgehead atoms. The van der Waals surface area contributed by atoms with Gasteiger partial charge in [0.25, 0.3) is 5.91 Å². The fourth-order valence-electron chi connectivity index (χ4n) is 3.30. The van der Waals surface area contributed by atoms with Crippen molar-refractivity contribution in [3.63, 3.8) is 0 Å². The first-order valence-corrected chi connectivity index (χ1v) is 10.5. The molecule has 4 rings (SSSR count). The van der Waals surface area contributed by atoms with E-state index in [0.717, 1.165) is 43.0 Å². The quantitative estimate of drug-likeness (QED) is 0.595. The summed E-state index contributed by atoms with van der Waals surface area (Å²) in [6, 6.07) is 10.8. The van der Waals surface area contributed by atoms with E-state index in [1.54, 1.807) is 12.3 Å². The lowest BCUT2D eigenvalue weighted by Gasteiger charge is -2.34. The highest BCUT2D eigenvalue weighted by Crippen LogP contribution is 2.22. The van der Waals surface area contributed by atoms with Crippen LogP contribution in [0, 0.1) is 11.6 Å². The number of ether oxygens (including phenoxy) is 1. The Morgan fingerprint density at radius 3 is 2.67 bits per heavy atom. The minimum Gasteiger partial charge on any atom is -0.486 e. The zero-order valence-electron chi connectivity index (χ0n) is 16.3. The summed E-state index contributed by atoms with van der Waals surface area (Å²) in [7, 11) is 0. The van der Waals surface area contributed by atoms with Crippen LogP contribution in [0.25, 0.3) is 0 Å². The number of pyridine rings is 1. The van der Waals surface area contributed by atoms with Gasteiger partial charge in [0, 0.05) is 50.6 Å². The molecule has 1 aliphatic rings. The van der Waals surface area contributed by atoms with Gasteiger partial charge in [0.2, 0.25) is 0 Å². The van der Waals surface area contributed by atoms with Crippen LogP contribution in [0.4, 0.5) is 8.78 Å². The predicted octanol–water partition coefficient (Wildman–Crippen LogP) is 3.96. The van der Waals surface area contributed by atoms with Crippen LogP contribution in [0.5, 0.6) is 5.75 Å². The summed E-state index contributed by atoms with van der Waals surface area (Å²) in [6.07, 6.45) is 1.79. The fourth-order valence-corrected chi connectivity index (χ4v) is 4.17. The first-order chi connectivity index (χ1) is 14.6. The molecule has 0 aliphatic carbocycles. The summed E-state index contributed by atoms with van der Waals surface area (Å²) in [5.74, 6) is -1.41. The van der Waals surface area contributed by atoms with Crippen LogP contribution in [0.3, 0.4) is 0 Å². The average Bonchev–Trinajstić information content (AvgIpc) is 3.23. The van der Waals surface area contributed by atoms with E-state index < -0.39 is 11.6 Å². The maximum Gasteiger partial charge on any atom is 0.264 e. The van der Waals surface area contributed by atoms with Gasteiger partial charge >= 0.3 is 0 Å². The first-order valence-electron chi connectivity index (χ1n) is 9.65. The van der Waals surface area contributed by atoms with E-state index >= 15 is 0 Å². The minimum atomic E-state index is -0.745. The molecule has 0 saturated carbocycles. The Morgan fingerprint density at radius 1 is 1.10 bits per heavy atom. The van der Waals surface area contributed by atoms with Gasteiger partial charge in [-0.25, -0.2) is 8.78 Å². The second kappa shape index (κ2) is 9.32. The molecular weight excluding hydrogens is 408 g/mol. The van der Waals surface area contributed by atoms with Gasteiger partial charge in [-0.05, 0) is 35.7 Å². The Morgan fingerprint density at radius 2 is 1.93 bits per heavy atom. The number of carbonyl (C=O) groups excluding carboxylic acids is 1. The molecule has 156 valence electrons. The van der Waals surface area contributed by atoms with E-state index in [1.165, 1.54) is 17.4 Å². The third-order valence-electron chi connectivity index (χ3n) is 4.92. The lowest BCUT2D eigenvalue weighted by Crippen LogP contribution is -2.48. The van der Waals surface area contributed by atoms with Crippen LogP contribution in [0.2, 0.25) is 0 Å². The highest BCUT2D eigenvalue weighted by molar-refractivity contribution is 7.12. The largest absolute Gasteiger partial charge is 0.486 e. The van der Waals surface area contributed by atoms with Gasteiger partial charge in [0.1, 0.15) is 12.4 Å². The van der Waals surface area contributed by atoms with Crippen molar-refractivity contribution in [3.05, 3.63) is 81.8 Å². The molecule has 0 N–H and O–H groups in total. The molecule has 0 radical (unpaired) electrons. The van der Waals surface area contributed by atoms with E-state index in [9.17, 15) is 13.6 Å². The number of carbonyl (C=O) groups is 1. The van der Waals surface area contributed by atoms with Crippen LogP contribution >= 0.6 is 11.3 Å². The van der Waals surface area contributed by atoms with Gasteiger partial charge in [0.15, 0.2) is 11.6 Å². The zero-order valence-corrected chi connectivity index (χ0v) is 17.1. The highest BCUT2D eigenvalue weighted by Gasteiger charge is 2.23. The van der Waals surface area contributed by atoms with Gasteiger partial charge in [-0.3, -0.25) is 14.7 Å². The summed E-state index contributed by atoms with van der Waals surface area (Å²) in [5, 5.41) is 1.83. The van der Waals surface area contributed by atoms with Crippen molar-refractivity contribution in [2.45, 2.75) is 13.2 Å². The van der Waals surface area contributed by atoms with Crippen molar-refractivity contribution in [2.75, 3.05) is 26.2 Å². The first kappa shape index (κ1) is 20.4. The number of thiophene rings is 1. The van der Waals surface area contributed by atoms with Gasteiger partial charge in [0.05, 0.1) is 10.6 Å². The molecule has 1 fully saturated rings. The maximum absolute atomic E-state index is 13.7. The Balaban J connectivity index is 1.29. The van der Waals surface area contributed by atoms with Crippen LogP contribution < -0.4 is 4.74 Å². The smallest absolute Gasteiger partial charge is 0.264 e. The normalized spacial score (nSPS) is 14.7. The van der Waals surface area contributed by atoms with Crippen molar-refractivity contribution in [2.24, 2.45) is 0 Å². The van der Waals surface area contributed by atoms with Gasteiger partial charge in [-0.1, -0.05) is 6.07 Å². The lowest BCUT2D eigenvalue weighted by molar-refractivity contribution is 0.0631. The summed E-state index contributed by atoms with van der Waals surface area (Å²) in [4.78, 5) is 21.9. The monoisotopic (exact) mass is 429 g/mol. The third-order valence-corrected chi connectivity index (χ3v) is 5.89. The zero-order chi connectivity index (χ0) is 20.9. The van der Waals surface area contributed by atoms with E-state index in [-0.39, 0.29) is 18.3 Å². The predicted molar refractivity (Wildman–Crippen MR) is 110 cm³/mol. The van der Waals surface area contributed by atoms with Gasteiger partial charge in [-0.2, -0.15) is 0 Å². The third kappa shape index (κ3) is 5.01. The van der Waals surface area contributed by atoms with Crippen LogP contribution in [0.15, 0.2) is 54.0 Å². The molecule has 1 aromatic carbocycles. The average molecular weight is 429 g/mol. The summed E-state index contributed by atoms with van der Waals surface area (Å²) in [5.41, 5.74) is 1.80. The standard InChI is InChI=1S/C22H21F2N3O2S/c23-17-4-5-20(19(24)12-17)29-14-16-11-21(30-15-16)22(28)27-9-7-26(8-10-27)13-18-3-1-2-6-25-18/h1-6,11-12,15H,7-10,13-14H2. The molecule has 0 atom stereocenters. The Hall–Kier alpha value is -2.84. The number of halogens is 2. The van der Waals surface area contributed by atoms with E-state index in [0.29, 0.717) is 18.0 Å². The van der Waals surface area contributed by atoms with E-state index in [1.807, 2.05) is 28.5 Å². The number of hydrogen-bond donors (Lipinski definition) is 0. The van der Waals surface area contributed by atoms with Crippen LogP contribution in [-0.4, -0.2) is 46.9 Å². The molecule has 8 heteroatoms. The molecule has 1 aliphatic heterocycles. The number of aromatic nitrogens is 1. The van der Waals surface area contributed by atoms with Crippen molar-refractivity contribution < 1.29 is 18.3 Å². The molecular formula is C22H21F2N3O2S. The second-order valence-corrected chi connectivity index (χ2v) is 7.98. The number of benzene rings is 1. The summed E-state index contributed by atoms with van der Waals surface area (Å²) in [6.45, 7) is 3.82. The molecule has 0 spiro atoms. The van der Waals surface area contributed by atoms with Gasteiger partial charge < -0.3 is 9.64 Å². The van der Waals surface area contributed by atoms with Crippen molar-refractivity contribution >= 4 is 17.2 Å². The molecule has 0 unspecified atom stereocenters. The number of amides is 1. The van der Waals surface area contributed by atoms with Crippen molar-refractivity contribution in [1.82, 2.24) is 14.8 Å². The van der Waals surface area contributed by atoms with E-state index in [2.05, 4.69) is 9.88 Å². The molecule has 1 amide bonds. The second-order valence-electron chi connectivity index (χ2n) is 7.07. The molecule has 5 nitrogen and oxygen atoms in total. The Bertz CT molecular complexity index is 1000. The number of rotatable bonds is 6.